The number of hydrogen-bond donors (Lipinski definition) is 0. The van der Waals surface area contributed by atoms with Gasteiger partial charge in [0.15, 0.2) is 0 Å². The number of aryl methyl sites for hydroxylation is 2. The second kappa shape index (κ2) is 10.7. The molecule has 0 unspecified atom stereocenters. The maximum absolute atomic E-state index is 5.34. The van der Waals surface area contributed by atoms with Gasteiger partial charge >= 0.3 is 0 Å². The van der Waals surface area contributed by atoms with Gasteiger partial charge in [-0.3, -0.25) is 0 Å². The lowest BCUT2D eigenvalue weighted by atomic mass is 9.82. The average Bonchev–Trinajstić information content (AvgIpc) is 2.64. The normalized spacial score (nSPS) is 16.8. The van der Waals surface area contributed by atoms with Gasteiger partial charge in [-0.15, -0.1) is 0 Å². The molecule has 1 aromatic heterocycles. The van der Waals surface area contributed by atoms with Crippen LogP contribution in [0.15, 0.2) is 11.1 Å². The zero-order valence-electron chi connectivity index (χ0n) is 18.2. The van der Waals surface area contributed by atoms with Crippen molar-refractivity contribution in [3.8, 4) is 0 Å². The summed E-state index contributed by atoms with van der Waals surface area (Å²) in [7, 11) is -0.753. The van der Waals surface area contributed by atoms with Crippen LogP contribution in [0.4, 0.5) is 0 Å². The number of unbranched alkanes of at least 4 members (excludes halogenated alkanes) is 2. The monoisotopic (exact) mass is 377 g/mol. The Morgan fingerprint density at radius 1 is 0.885 bits per heavy atom. The van der Waals surface area contributed by atoms with Crippen molar-refractivity contribution in [2.24, 2.45) is 0 Å². The van der Waals surface area contributed by atoms with Crippen LogP contribution in [0.2, 0.25) is 0 Å². The van der Waals surface area contributed by atoms with Crippen LogP contribution in [0, 0.1) is 13.8 Å². The first-order valence-corrected chi connectivity index (χ1v) is 13.5. The van der Waals surface area contributed by atoms with Crippen molar-refractivity contribution in [2.75, 3.05) is 17.3 Å². The van der Waals surface area contributed by atoms with Gasteiger partial charge in [0, 0.05) is 5.69 Å². The molecule has 1 heterocycles. The van der Waals surface area contributed by atoms with Crippen LogP contribution >= 0.6 is 10.0 Å². The predicted molar refractivity (Wildman–Crippen MR) is 120 cm³/mol. The van der Waals surface area contributed by atoms with Crippen molar-refractivity contribution < 1.29 is 0 Å². The summed E-state index contributed by atoms with van der Waals surface area (Å²) in [6.07, 6.45) is 13.6. The average molecular weight is 378 g/mol. The van der Waals surface area contributed by atoms with Crippen LogP contribution in [-0.2, 0) is 0 Å². The van der Waals surface area contributed by atoms with E-state index >= 15 is 0 Å². The summed E-state index contributed by atoms with van der Waals surface area (Å²) in [5, 5.41) is 1.50. The highest BCUT2D eigenvalue weighted by Crippen LogP contribution is 2.57. The van der Waals surface area contributed by atoms with Gasteiger partial charge in [-0.25, -0.2) is 4.98 Å². The molecule has 1 fully saturated rings. The van der Waals surface area contributed by atoms with E-state index in [2.05, 4.69) is 40.7 Å². The lowest BCUT2D eigenvalue weighted by Gasteiger charge is -2.41. The van der Waals surface area contributed by atoms with Gasteiger partial charge in [0.2, 0.25) is 0 Å². The van der Waals surface area contributed by atoms with Crippen molar-refractivity contribution in [3.05, 3.63) is 22.9 Å². The molecule has 2 heteroatoms. The fourth-order valence-electron chi connectivity index (χ4n) is 4.89. The van der Waals surface area contributed by atoms with Gasteiger partial charge in [-0.1, -0.05) is 52.9 Å². The first-order chi connectivity index (χ1) is 12.6. The van der Waals surface area contributed by atoms with Gasteiger partial charge < -0.3 is 0 Å². The van der Waals surface area contributed by atoms with E-state index in [0.29, 0.717) is 0 Å². The van der Waals surface area contributed by atoms with Crippen molar-refractivity contribution >= 4 is 10.0 Å². The van der Waals surface area contributed by atoms with E-state index in [1.54, 1.807) is 11.1 Å². The molecule has 1 aliphatic carbocycles. The molecule has 1 aliphatic rings. The summed E-state index contributed by atoms with van der Waals surface area (Å²) >= 11 is 0. The number of hydrogen-bond acceptors (Lipinski definition) is 1. The van der Waals surface area contributed by atoms with E-state index in [9.17, 15) is 0 Å². The Hall–Kier alpha value is -0.500. The largest absolute Gasteiger partial charge is 0.248 e. The Labute approximate surface area is 165 Å². The molecule has 0 atom stereocenters. The van der Waals surface area contributed by atoms with Crippen LogP contribution in [0.3, 0.4) is 0 Å². The molecule has 1 aromatic rings. The highest BCUT2D eigenvalue weighted by atomic mass is 32.3. The van der Waals surface area contributed by atoms with Gasteiger partial charge in [0.25, 0.3) is 0 Å². The van der Waals surface area contributed by atoms with Gasteiger partial charge in [-0.2, -0.15) is 10.0 Å². The van der Waals surface area contributed by atoms with Gasteiger partial charge in [0.05, 0.1) is 5.03 Å². The van der Waals surface area contributed by atoms with E-state index in [-0.39, 0.29) is 0 Å². The summed E-state index contributed by atoms with van der Waals surface area (Å²) in [5.74, 6) is 4.94. The Balaban J connectivity index is 2.39. The van der Waals surface area contributed by atoms with Gasteiger partial charge in [0.1, 0.15) is 0 Å². The summed E-state index contributed by atoms with van der Waals surface area (Å²) in [5.41, 5.74) is 4.50. The molecule has 2 rings (SSSR count). The molecule has 0 spiro atoms. The molecule has 1 nitrogen and oxygen atoms in total. The van der Waals surface area contributed by atoms with E-state index < -0.39 is 10.0 Å². The summed E-state index contributed by atoms with van der Waals surface area (Å²) < 4.78 is 0. The SMILES string of the molecule is CCCCS(CCC)(CCCC)c1cc(C)c(C2CCCCC2)c(C)n1. The molecule has 0 bridgehead atoms. The second-order valence-corrected chi connectivity index (χ2v) is 12.2. The maximum atomic E-state index is 5.34. The van der Waals surface area contributed by atoms with E-state index in [4.69, 9.17) is 4.98 Å². The third-order valence-corrected chi connectivity index (χ3v) is 10.7. The minimum absolute atomic E-state index is 0.753. The maximum Gasteiger partial charge on any atom is 0.0796 e. The summed E-state index contributed by atoms with van der Waals surface area (Å²) in [6.45, 7) is 11.7. The minimum atomic E-state index is -0.753. The fraction of sp³-hybridized carbons (Fsp3) is 0.792. The molecular formula is C24H43NS. The minimum Gasteiger partial charge on any atom is -0.248 e. The number of nitrogens with zero attached hydrogens (tertiary/aromatic N) is 1. The first-order valence-electron chi connectivity index (χ1n) is 11.3. The van der Waals surface area contributed by atoms with Crippen LogP contribution in [-0.4, -0.2) is 22.2 Å². The molecule has 0 amide bonds. The van der Waals surface area contributed by atoms with Crippen molar-refractivity contribution in [1.29, 1.82) is 0 Å². The molecule has 0 radical (unpaired) electrons. The summed E-state index contributed by atoms with van der Waals surface area (Å²) in [4.78, 5) is 5.34. The lowest BCUT2D eigenvalue weighted by Crippen LogP contribution is -2.18. The Kier molecular flexibility index (Phi) is 9.00. The van der Waals surface area contributed by atoms with Crippen LogP contribution in [0.1, 0.15) is 108 Å². The van der Waals surface area contributed by atoms with E-state index in [1.165, 1.54) is 92.2 Å². The smallest absolute Gasteiger partial charge is 0.0796 e. The molecule has 0 aliphatic heterocycles. The number of aromatic nitrogens is 1. The molecule has 0 N–H and O–H groups in total. The second-order valence-electron chi connectivity index (χ2n) is 8.48. The van der Waals surface area contributed by atoms with Crippen molar-refractivity contribution in [2.45, 2.75) is 110 Å². The Bertz CT molecular complexity index is 514. The molecular weight excluding hydrogens is 334 g/mol. The van der Waals surface area contributed by atoms with Crippen LogP contribution < -0.4 is 0 Å². The molecule has 26 heavy (non-hydrogen) atoms. The highest BCUT2D eigenvalue weighted by molar-refractivity contribution is 8.33. The molecule has 0 saturated heterocycles. The zero-order chi connectivity index (χ0) is 19.0. The Morgan fingerprint density at radius 2 is 1.50 bits per heavy atom. The third kappa shape index (κ3) is 5.27. The summed E-state index contributed by atoms with van der Waals surface area (Å²) in [6, 6.07) is 2.53. The lowest BCUT2D eigenvalue weighted by molar-refractivity contribution is 0.439. The van der Waals surface area contributed by atoms with E-state index in [1.807, 2.05) is 0 Å². The van der Waals surface area contributed by atoms with E-state index in [0.717, 1.165) is 5.92 Å². The predicted octanol–water partition coefficient (Wildman–Crippen LogP) is 7.92. The third-order valence-electron chi connectivity index (χ3n) is 6.26. The fourth-order valence-corrected chi connectivity index (χ4v) is 9.35. The highest BCUT2D eigenvalue weighted by Gasteiger charge is 2.28. The standard InChI is InChI=1S/C24H43NS/c1-6-9-17-26(16-8-3,18-10-7-2)23-19-20(4)24(21(5)25-23)22-14-12-11-13-15-22/h19,22H,6-18H2,1-5H3. The quantitative estimate of drug-likeness (QED) is 0.403. The first kappa shape index (κ1) is 21.8. The number of pyridine rings is 1. The molecule has 150 valence electrons. The zero-order valence-corrected chi connectivity index (χ0v) is 19.0. The number of rotatable bonds is 10. The Morgan fingerprint density at radius 3 is 2.00 bits per heavy atom. The van der Waals surface area contributed by atoms with Crippen LogP contribution in [0.5, 0.6) is 0 Å². The van der Waals surface area contributed by atoms with Crippen LogP contribution in [0.25, 0.3) is 0 Å². The van der Waals surface area contributed by atoms with Crippen molar-refractivity contribution in [1.82, 2.24) is 4.98 Å². The molecule has 0 aromatic carbocycles. The van der Waals surface area contributed by atoms with Crippen molar-refractivity contribution in [3.63, 3.8) is 0 Å². The van der Waals surface area contributed by atoms with Gasteiger partial charge in [-0.05, 0) is 86.3 Å². The molecule has 1 saturated carbocycles. The topological polar surface area (TPSA) is 12.9 Å².